The van der Waals surface area contributed by atoms with Crippen molar-refractivity contribution in [2.75, 3.05) is 18.0 Å². The number of aryl methyl sites for hydroxylation is 1. The molecule has 0 radical (unpaired) electrons. The van der Waals surface area contributed by atoms with Crippen molar-refractivity contribution in [1.82, 2.24) is 20.0 Å². The number of phenols is 2. The second kappa shape index (κ2) is 12.6. The second-order valence-corrected chi connectivity index (χ2v) is 11.0. The van der Waals surface area contributed by atoms with Gasteiger partial charge in [-0.05, 0) is 54.4 Å². The molecule has 11 nitrogen and oxygen atoms in total. The van der Waals surface area contributed by atoms with Crippen LogP contribution in [0, 0.1) is 6.92 Å². The summed E-state index contributed by atoms with van der Waals surface area (Å²) in [6.07, 6.45) is 4.54. The molecule has 0 fully saturated rings. The number of nitrogens with one attached hydrogen (secondary N) is 2. The third kappa shape index (κ3) is 7.24. The number of aromatic hydroxyl groups is 2. The van der Waals surface area contributed by atoms with Crippen LogP contribution >= 0.6 is 0 Å². The van der Waals surface area contributed by atoms with Gasteiger partial charge < -0.3 is 20.4 Å². The van der Waals surface area contributed by atoms with E-state index in [2.05, 4.69) is 20.0 Å². The van der Waals surface area contributed by atoms with Gasteiger partial charge in [-0.1, -0.05) is 18.2 Å². The van der Waals surface area contributed by atoms with E-state index in [9.17, 15) is 28.2 Å². The molecule has 212 valence electrons. The molecule has 0 aliphatic heterocycles. The quantitative estimate of drug-likeness (QED) is 0.210. The first kappa shape index (κ1) is 29.2. The van der Waals surface area contributed by atoms with E-state index in [1.807, 2.05) is 6.07 Å². The van der Waals surface area contributed by atoms with Crippen LogP contribution in [0.15, 0.2) is 84.1 Å². The molecule has 2 amide bonds. The number of benzene rings is 2. The van der Waals surface area contributed by atoms with Gasteiger partial charge >= 0.3 is 0 Å². The Bertz CT molecular complexity index is 1660. The average molecular weight is 576 g/mol. The molecule has 4 rings (SSSR count). The van der Waals surface area contributed by atoms with Crippen LogP contribution in [0.4, 0.5) is 5.69 Å². The Labute approximate surface area is 237 Å². The molecule has 0 saturated heterocycles. The van der Waals surface area contributed by atoms with Gasteiger partial charge in [0, 0.05) is 55.9 Å². The Morgan fingerprint density at radius 2 is 1.73 bits per heavy atom. The Morgan fingerprint density at radius 3 is 2.37 bits per heavy atom. The number of aromatic nitrogens is 2. The fourth-order valence-electron chi connectivity index (χ4n) is 4.11. The second-order valence-electron chi connectivity index (χ2n) is 9.22. The summed E-state index contributed by atoms with van der Waals surface area (Å²) >= 11 is 0. The summed E-state index contributed by atoms with van der Waals surface area (Å²) < 4.78 is 27.7. The van der Waals surface area contributed by atoms with Gasteiger partial charge in [-0.15, -0.1) is 0 Å². The Morgan fingerprint density at radius 1 is 0.976 bits per heavy atom. The number of anilines is 1. The maximum Gasteiger partial charge on any atom is 0.262 e. The number of nitrogens with zero attached hydrogens (tertiary/aromatic N) is 3. The van der Waals surface area contributed by atoms with Gasteiger partial charge in [-0.3, -0.25) is 19.6 Å². The van der Waals surface area contributed by atoms with Gasteiger partial charge in [0.25, 0.3) is 5.91 Å². The fourth-order valence-corrected chi connectivity index (χ4v) is 5.17. The van der Waals surface area contributed by atoms with Gasteiger partial charge in [0.05, 0.1) is 17.8 Å². The average Bonchev–Trinajstić information content (AvgIpc) is 2.94. The number of carbonyl (C=O) groups excluding carboxylic acids is 2. The molecule has 2 aromatic carbocycles. The van der Waals surface area contributed by atoms with E-state index in [0.717, 1.165) is 11.6 Å². The normalized spacial score (nSPS) is 11.2. The Kier molecular flexibility index (Phi) is 8.95. The first-order chi connectivity index (χ1) is 19.5. The van der Waals surface area contributed by atoms with Gasteiger partial charge in [0.2, 0.25) is 15.9 Å². The fraction of sp³-hybridized carbons (Fsp3) is 0.172. The van der Waals surface area contributed by atoms with Crippen LogP contribution in [0.1, 0.15) is 28.4 Å². The minimum absolute atomic E-state index is 0.000132. The lowest BCUT2D eigenvalue weighted by Gasteiger charge is -2.24. The largest absolute Gasteiger partial charge is 0.508 e. The first-order valence-corrected chi connectivity index (χ1v) is 14.1. The van der Waals surface area contributed by atoms with Crippen molar-refractivity contribution in [1.29, 1.82) is 0 Å². The molecule has 4 N–H and O–H groups in total. The number of pyridine rings is 2. The van der Waals surface area contributed by atoms with E-state index in [4.69, 9.17) is 0 Å². The molecule has 12 heteroatoms. The number of amides is 2. The minimum atomic E-state index is -3.82. The van der Waals surface area contributed by atoms with E-state index in [-0.39, 0.29) is 47.5 Å². The summed E-state index contributed by atoms with van der Waals surface area (Å²) in [7, 11) is -3.82. The molecule has 0 atom stereocenters. The van der Waals surface area contributed by atoms with Gasteiger partial charge in [0.15, 0.2) is 0 Å². The highest BCUT2D eigenvalue weighted by molar-refractivity contribution is 7.89. The molecule has 0 saturated carbocycles. The lowest BCUT2D eigenvalue weighted by molar-refractivity contribution is -0.118. The Hall–Kier alpha value is -4.81. The van der Waals surface area contributed by atoms with Crippen LogP contribution in [-0.2, 0) is 21.4 Å². The van der Waals surface area contributed by atoms with Crippen LogP contribution in [0.3, 0.4) is 0 Å². The lowest BCUT2D eigenvalue weighted by atomic mass is 10.1. The molecule has 0 aliphatic rings. The van der Waals surface area contributed by atoms with E-state index >= 15 is 0 Å². The lowest BCUT2D eigenvalue weighted by Crippen LogP contribution is -2.33. The molecule has 0 spiro atoms. The number of hydrogen-bond donors (Lipinski definition) is 4. The molecule has 4 aromatic rings. The summed E-state index contributed by atoms with van der Waals surface area (Å²) in [5.74, 6) is -1.24. The van der Waals surface area contributed by atoms with E-state index in [0.29, 0.717) is 22.5 Å². The highest BCUT2D eigenvalue weighted by Gasteiger charge is 2.22. The number of phenolic OH excluding ortho intramolecular Hbond substituents is 2. The maximum atomic E-state index is 13.5. The van der Waals surface area contributed by atoms with Crippen LogP contribution in [0.2, 0.25) is 0 Å². The molecule has 0 aliphatic carbocycles. The van der Waals surface area contributed by atoms with Gasteiger partial charge in [0.1, 0.15) is 16.4 Å². The summed E-state index contributed by atoms with van der Waals surface area (Å²) in [4.78, 5) is 34.5. The molecular weight excluding hydrogens is 546 g/mol. The SMILES string of the molecule is CC(=O)NCCNS(=O)(=O)c1cnc(-c2ccc(N(Cc3cccnc3)C(=O)c3ccc(O)cc3O)cc2)c(C)c1. The van der Waals surface area contributed by atoms with E-state index in [1.54, 1.807) is 49.6 Å². The van der Waals surface area contributed by atoms with Crippen molar-refractivity contribution in [2.24, 2.45) is 0 Å². The molecule has 41 heavy (non-hydrogen) atoms. The van der Waals surface area contributed by atoms with Gasteiger partial charge in [-0.25, -0.2) is 13.1 Å². The predicted molar refractivity (Wildman–Crippen MR) is 153 cm³/mol. The topological polar surface area (TPSA) is 162 Å². The third-order valence-corrected chi connectivity index (χ3v) is 7.56. The number of hydrogen-bond acceptors (Lipinski definition) is 8. The molecular formula is C29H29N5O6S. The summed E-state index contributed by atoms with van der Waals surface area (Å²) in [6, 6.07) is 15.9. The highest BCUT2D eigenvalue weighted by atomic mass is 32.2. The van der Waals surface area contributed by atoms with Crippen molar-refractivity contribution in [3.05, 3.63) is 95.9 Å². The Balaban J connectivity index is 1.59. The number of carbonyl (C=O) groups is 2. The van der Waals surface area contributed by atoms with E-state index in [1.165, 1.54) is 36.2 Å². The maximum absolute atomic E-state index is 13.5. The molecule has 2 aromatic heterocycles. The summed E-state index contributed by atoms with van der Waals surface area (Å²) in [5, 5.41) is 22.5. The predicted octanol–water partition coefficient (Wildman–Crippen LogP) is 3.12. The zero-order chi connectivity index (χ0) is 29.6. The van der Waals surface area contributed by atoms with Crippen LogP contribution < -0.4 is 14.9 Å². The number of rotatable bonds is 10. The zero-order valence-electron chi connectivity index (χ0n) is 22.4. The van der Waals surface area contributed by atoms with Crippen LogP contribution in [0.25, 0.3) is 11.3 Å². The minimum Gasteiger partial charge on any atom is -0.508 e. The first-order valence-electron chi connectivity index (χ1n) is 12.6. The third-order valence-electron chi connectivity index (χ3n) is 6.13. The van der Waals surface area contributed by atoms with Crippen molar-refractivity contribution < 1.29 is 28.2 Å². The number of sulfonamides is 1. The standard InChI is InChI=1S/C29H29N5O6S/c1-19-14-25(41(39,40)33-13-12-31-20(2)35)17-32-28(19)22-5-7-23(8-6-22)34(18-21-4-3-11-30-16-21)29(38)26-10-9-24(36)15-27(26)37/h3-11,14-17,33,36-37H,12-13,18H2,1-2H3,(H,31,35). The van der Waals surface area contributed by atoms with E-state index < -0.39 is 15.9 Å². The van der Waals surface area contributed by atoms with Crippen molar-refractivity contribution in [2.45, 2.75) is 25.3 Å². The van der Waals surface area contributed by atoms with Crippen molar-refractivity contribution >= 4 is 27.5 Å². The smallest absolute Gasteiger partial charge is 0.262 e. The van der Waals surface area contributed by atoms with Crippen molar-refractivity contribution in [3.8, 4) is 22.8 Å². The van der Waals surface area contributed by atoms with Crippen LogP contribution in [0.5, 0.6) is 11.5 Å². The van der Waals surface area contributed by atoms with Gasteiger partial charge in [-0.2, -0.15) is 0 Å². The van der Waals surface area contributed by atoms with Crippen molar-refractivity contribution in [3.63, 3.8) is 0 Å². The molecule has 2 heterocycles. The van der Waals surface area contributed by atoms with Crippen LogP contribution in [-0.4, -0.2) is 53.5 Å². The monoisotopic (exact) mass is 575 g/mol. The summed E-state index contributed by atoms with van der Waals surface area (Å²) in [6.45, 7) is 3.48. The zero-order valence-corrected chi connectivity index (χ0v) is 23.2. The summed E-state index contributed by atoms with van der Waals surface area (Å²) in [5.41, 5.74) is 3.22. The molecule has 0 unspecified atom stereocenters. The molecule has 0 bridgehead atoms. The highest BCUT2D eigenvalue weighted by Crippen LogP contribution is 2.30.